The Bertz CT molecular complexity index is 979. The fourth-order valence-electron chi connectivity index (χ4n) is 2.66. The fourth-order valence-corrected chi connectivity index (χ4v) is 3.47. The Morgan fingerprint density at radius 1 is 1.11 bits per heavy atom. The van der Waals surface area contributed by atoms with Crippen molar-refractivity contribution in [2.24, 2.45) is 0 Å². The quantitative estimate of drug-likeness (QED) is 0.637. The topological polar surface area (TPSA) is 68.3 Å². The summed E-state index contributed by atoms with van der Waals surface area (Å²) in [5.74, 6) is -1.18. The van der Waals surface area contributed by atoms with E-state index in [2.05, 4.69) is 10.3 Å². The Hall–Kier alpha value is -3.06. The summed E-state index contributed by atoms with van der Waals surface area (Å²) in [4.78, 5) is 28.4. The summed E-state index contributed by atoms with van der Waals surface area (Å²) in [6.07, 6.45) is 0. The fraction of sp³-hybridized carbons (Fsp3) is 0.190. The van der Waals surface area contributed by atoms with Gasteiger partial charge in [-0.1, -0.05) is 17.2 Å². The number of amides is 1. The number of nitrogens with one attached hydrogen (secondary N) is 1. The van der Waals surface area contributed by atoms with Gasteiger partial charge < -0.3 is 10.1 Å². The number of halogens is 1. The number of esters is 1. The number of aromatic nitrogens is 1. The number of ether oxygens (including phenoxy) is 1. The van der Waals surface area contributed by atoms with E-state index >= 15 is 0 Å². The van der Waals surface area contributed by atoms with Crippen molar-refractivity contribution in [3.8, 4) is 10.6 Å². The predicted molar refractivity (Wildman–Crippen MR) is 106 cm³/mol. The molecule has 1 amide bonds. The van der Waals surface area contributed by atoms with Gasteiger partial charge in [0.2, 0.25) is 0 Å². The van der Waals surface area contributed by atoms with Gasteiger partial charge in [-0.25, -0.2) is 9.37 Å². The molecule has 3 aromatic rings. The molecule has 0 spiro atoms. The molecule has 7 heteroatoms. The molecule has 0 aliphatic rings. The minimum Gasteiger partial charge on any atom is -0.458 e. The molecule has 0 saturated heterocycles. The van der Waals surface area contributed by atoms with E-state index < -0.39 is 5.97 Å². The summed E-state index contributed by atoms with van der Waals surface area (Å²) in [7, 11) is 0. The number of carbonyl (C=O) groups is 2. The lowest BCUT2D eigenvalue weighted by Gasteiger charge is -2.07. The highest BCUT2D eigenvalue weighted by Gasteiger charge is 2.11. The van der Waals surface area contributed by atoms with Crippen LogP contribution in [-0.4, -0.2) is 23.4 Å². The number of thiazole rings is 1. The van der Waals surface area contributed by atoms with Gasteiger partial charge in [0, 0.05) is 16.5 Å². The maximum atomic E-state index is 13.0. The standard InChI is InChI=1S/C21H19FN2O3S/c1-13-7-14(2)9-16(8-13)20(26)23-10-19(25)27-11-18-12-28-21(24-18)15-3-5-17(22)6-4-15/h3-9,12H,10-11H2,1-2H3,(H,23,26). The van der Waals surface area contributed by atoms with Crippen LogP contribution >= 0.6 is 11.3 Å². The van der Waals surface area contributed by atoms with E-state index in [1.807, 2.05) is 19.9 Å². The van der Waals surface area contributed by atoms with Gasteiger partial charge in [0.15, 0.2) is 0 Å². The van der Waals surface area contributed by atoms with E-state index in [4.69, 9.17) is 4.74 Å². The van der Waals surface area contributed by atoms with Crippen molar-refractivity contribution in [2.45, 2.75) is 20.5 Å². The first-order valence-corrected chi connectivity index (χ1v) is 9.51. The Labute approximate surface area is 166 Å². The van der Waals surface area contributed by atoms with E-state index in [1.54, 1.807) is 29.6 Å². The minimum absolute atomic E-state index is 0.00987. The molecule has 5 nitrogen and oxygen atoms in total. The second-order valence-electron chi connectivity index (χ2n) is 6.37. The Kier molecular flexibility index (Phi) is 6.16. The molecule has 0 bridgehead atoms. The third kappa shape index (κ3) is 5.23. The summed E-state index contributed by atoms with van der Waals surface area (Å²) in [6, 6.07) is 11.5. The normalized spacial score (nSPS) is 10.5. The second-order valence-corrected chi connectivity index (χ2v) is 7.23. The van der Waals surface area contributed by atoms with Crippen molar-refractivity contribution in [1.82, 2.24) is 10.3 Å². The molecule has 0 aliphatic heterocycles. The number of rotatable bonds is 6. The van der Waals surface area contributed by atoms with Gasteiger partial charge in [-0.15, -0.1) is 11.3 Å². The van der Waals surface area contributed by atoms with Crippen LogP contribution in [0, 0.1) is 19.7 Å². The van der Waals surface area contributed by atoms with Crippen LogP contribution in [0.5, 0.6) is 0 Å². The molecule has 0 atom stereocenters. The zero-order valence-corrected chi connectivity index (χ0v) is 16.3. The third-order valence-corrected chi connectivity index (χ3v) is 4.84. The molecule has 144 valence electrons. The number of aryl methyl sites for hydroxylation is 2. The molecular formula is C21H19FN2O3S. The van der Waals surface area contributed by atoms with Crippen LogP contribution in [-0.2, 0) is 16.1 Å². The van der Waals surface area contributed by atoms with Crippen LogP contribution in [0.3, 0.4) is 0 Å². The Morgan fingerprint density at radius 2 is 1.79 bits per heavy atom. The van der Waals surface area contributed by atoms with Crippen molar-refractivity contribution in [3.05, 3.63) is 76.0 Å². The highest BCUT2D eigenvalue weighted by molar-refractivity contribution is 7.13. The number of benzene rings is 2. The van der Waals surface area contributed by atoms with Gasteiger partial charge in [0.25, 0.3) is 5.91 Å². The molecule has 0 saturated carbocycles. The highest BCUT2D eigenvalue weighted by Crippen LogP contribution is 2.24. The lowest BCUT2D eigenvalue weighted by Crippen LogP contribution is -2.30. The SMILES string of the molecule is Cc1cc(C)cc(C(=O)NCC(=O)OCc2csc(-c3ccc(F)cc3)n2)c1. The summed E-state index contributed by atoms with van der Waals surface area (Å²) >= 11 is 1.38. The van der Waals surface area contributed by atoms with Crippen molar-refractivity contribution in [1.29, 1.82) is 0 Å². The van der Waals surface area contributed by atoms with E-state index in [1.165, 1.54) is 23.5 Å². The monoisotopic (exact) mass is 398 g/mol. The zero-order valence-electron chi connectivity index (χ0n) is 15.5. The van der Waals surface area contributed by atoms with E-state index in [0.717, 1.165) is 16.7 Å². The molecular weight excluding hydrogens is 379 g/mol. The number of hydrogen-bond acceptors (Lipinski definition) is 5. The smallest absolute Gasteiger partial charge is 0.325 e. The van der Waals surface area contributed by atoms with E-state index in [0.29, 0.717) is 16.3 Å². The predicted octanol–water partition coefficient (Wildman–Crippen LogP) is 4.04. The van der Waals surface area contributed by atoms with Gasteiger partial charge in [-0.05, 0) is 50.2 Å². The summed E-state index contributed by atoms with van der Waals surface area (Å²) in [5, 5.41) is 5.05. The van der Waals surface area contributed by atoms with E-state index in [9.17, 15) is 14.0 Å². The molecule has 1 aromatic heterocycles. The van der Waals surface area contributed by atoms with Gasteiger partial charge in [0.05, 0.1) is 5.69 Å². The lowest BCUT2D eigenvalue weighted by atomic mass is 10.1. The lowest BCUT2D eigenvalue weighted by molar-refractivity contribution is -0.143. The Balaban J connectivity index is 1.49. The molecule has 0 unspecified atom stereocenters. The maximum Gasteiger partial charge on any atom is 0.325 e. The molecule has 0 radical (unpaired) electrons. The van der Waals surface area contributed by atoms with Crippen LogP contribution < -0.4 is 5.32 Å². The van der Waals surface area contributed by atoms with Gasteiger partial charge in [-0.3, -0.25) is 9.59 Å². The maximum absolute atomic E-state index is 13.0. The highest BCUT2D eigenvalue weighted by atomic mass is 32.1. The Morgan fingerprint density at radius 3 is 2.46 bits per heavy atom. The number of nitrogens with zero attached hydrogens (tertiary/aromatic N) is 1. The van der Waals surface area contributed by atoms with E-state index in [-0.39, 0.29) is 24.9 Å². The van der Waals surface area contributed by atoms with Crippen LogP contribution in [0.2, 0.25) is 0 Å². The van der Waals surface area contributed by atoms with Crippen molar-refractivity contribution < 1.29 is 18.7 Å². The first-order chi connectivity index (χ1) is 13.4. The minimum atomic E-state index is -0.547. The zero-order chi connectivity index (χ0) is 20.1. The van der Waals surface area contributed by atoms with Gasteiger partial charge in [0.1, 0.15) is 24.0 Å². The van der Waals surface area contributed by atoms with Crippen LogP contribution in [0.25, 0.3) is 10.6 Å². The number of hydrogen-bond donors (Lipinski definition) is 1. The molecule has 28 heavy (non-hydrogen) atoms. The van der Waals surface area contributed by atoms with Gasteiger partial charge in [-0.2, -0.15) is 0 Å². The number of carbonyl (C=O) groups excluding carboxylic acids is 2. The average molecular weight is 398 g/mol. The van der Waals surface area contributed by atoms with Crippen LogP contribution in [0.1, 0.15) is 27.2 Å². The largest absolute Gasteiger partial charge is 0.458 e. The summed E-state index contributed by atoms with van der Waals surface area (Å²) in [6.45, 7) is 3.61. The van der Waals surface area contributed by atoms with Crippen molar-refractivity contribution in [2.75, 3.05) is 6.54 Å². The molecule has 1 N–H and O–H groups in total. The van der Waals surface area contributed by atoms with Crippen LogP contribution in [0.4, 0.5) is 4.39 Å². The average Bonchev–Trinajstić information content (AvgIpc) is 3.13. The summed E-state index contributed by atoms with van der Waals surface area (Å²) < 4.78 is 18.2. The molecule has 0 fully saturated rings. The van der Waals surface area contributed by atoms with Crippen molar-refractivity contribution >= 4 is 23.2 Å². The second kappa shape index (κ2) is 8.75. The molecule has 2 aromatic carbocycles. The third-order valence-electron chi connectivity index (χ3n) is 3.90. The first kappa shape index (κ1) is 19.7. The summed E-state index contributed by atoms with van der Waals surface area (Å²) in [5.41, 5.74) is 3.86. The van der Waals surface area contributed by atoms with Gasteiger partial charge >= 0.3 is 5.97 Å². The van der Waals surface area contributed by atoms with Crippen molar-refractivity contribution in [3.63, 3.8) is 0 Å². The molecule has 0 aliphatic carbocycles. The first-order valence-electron chi connectivity index (χ1n) is 8.63. The molecule has 1 heterocycles. The van der Waals surface area contributed by atoms with Crippen LogP contribution in [0.15, 0.2) is 47.8 Å². The molecule has 3 rings (SSSR count).